The van der Waals surface area contributed by atoms with E-state index in [0.29, 0.717) is 11.3 Å². The smallest absolute Gasteiger partial charge is 0.497 e. The number of benzene rings is 2. The van der Waals surface area contributed by atoms with E-state index in [1.807, 2.05) is 0 Å². The summed E-state index contributed by atoms with van der Waals surface area (Å²) in [7, 11) is 1.42. The van der Waals surface area contributed by atoms with Crippen molar-refractivity contribution in [3.8, 4) is 28.4 Å². The van der Waals surface area contributed by atoms with Gasteiger partial charge in [-0.2, -0.15) is 0 Å². The van der Waals surface area contributed by atoms with Crippen molar-refractivity contribution in [2.24, 2.45) is 5.92 Å². The second kappa shape index (κ2) is 8.68. The Bertz CT molecular complexity index is 805. The van der Waals surface area contributed by atoms with Gasteiger partial charge in [0, 0.05) is 11.6 Å². The SMILES string of the molecule is COc1ccc(-c2ccc(OC(F)(F)F)c(OCC3CCNCC3)c2)c(F)c1. The monoisotopic (exact) mass is 399 g/mol. The molecule has 1 heterocycles. The first-order valence-corrected chi connectivity index (χ1v) is 8.93. The van der Waals surface area contributed by atoms with Crippen LogP contribution in [0.2, 0.25) is 0 Å². The number of piperidine rings is 1. The highest BCUT2D eigenvalue weighted by molar-refractivity contribution is 5.68. The Morgan fingerprint density at radius 2 is 1.79 bits per heavy atom. The lowest BCUT2D eigenvalue weighted by atomic mass is 9.99. The van der Waals surface area contributed by atoms with E-state index in [4.69, 9.17) is 9.47 Å². The molecule has 0 amide bonds. The van der Waals surface area contributed by atoms with Crippen LogP contribution in [-0.2, 0) is 0 Å². The normalized spacial score (nSPS) is 15.3. The molecule has 0 radical (unpaired) electrons. The molecule has 1 aliphatic heterocycles. The summed E-state index contributed by atoms with van der Waals surface area (Å²) in [5, 5.41) is 3.22. The van der Waals surface area contributed by atoms with Crippen LogP contribution in [0.25, 0.3) is 11.1 Å². The van der Waals surface area contributed by atoms with Gasteiger partial charge in [-0.3, -0.25) is 0 Å². The Morgan fingerprint density at radius 3 is 2.43 bits per heavy atom. The van der Waals surface area contributed by atoms with Gasteiger partial charge in [-0.1, -0.05) is 6.07 Å². The predicted molar refractivity (Wildman–Crippen MR) is 96.2 cm³/mol. The standard InChI is InChI=1S/C20H21F4NO3/c1-26-15-3-4-16(17(21)11-15)14-2-5-18(28-20(22,23)24)19(10-14)27-12-13-6-8-25-9-7-13/h2-5,10-11,13,25H,6-9,12H2,1H3. The minimum atomic E-state index is -4.85. The largest absolute Gasteiger partial charge is 0.573 e. The number of nitrogens with one attached hydrogen (secondary N) is 1. The summed E-state index contributed by atoms with van der Waals surface area (Å²) in [6.07, 6.45) is -3.09. The molecule has 1 aliphatic rings. The van der Waals surface area contributed by atoms with E-state index in [9.17, 15) is 17.6 Å². The van der Waals surface area contributed by atoms with E-state index < -0.39 is 17.9 Å². The summed E-state index contributed by atoms with van der Waals surface area (Å²) in [6.45, 7) is 1.96. The molecule has 0 atom stereocenters. The molecule has 0 aromatic heterocycles. The molecule has 4 nitrogen and oxygen atoms in total. The number of methoxy groups -OCH3 is 1. The lowest BCUT2D eigenvalue weighted by molar-refractivity contribution is -0.275. The van der Waals surface area contributed by atoms with Crippen molar-refractivity contribution in [1.82, 2.24) is 5.32 Å². The van der Waals surface area contributed by atoms with Gasteiger partial charge in [-0.15, -0.1) is 13.2 Å². The first-order chi connectivity index (χ1) is 13.4. The average molecular weight is 399 g/mol. The Labute approximate surface area is 160 Å². The zero-order valence-corrected chi connectivity index (χ0v) is 15.3. The molecule has 0 aliphatic carbocycles. The fraction of sp³-hybridized carbons (Fsp3) is 0.400. The van der Waals surface area contributed by atoms with Crippen LogP contribution in [0.4, 0.5) is 17.6 Å². The Hall–Kier alpha value is -2.48. The van der Waals surface area contributed by atoms with Crippen LogP contribution in [0.5, 0.6) is 17.2 Å². The fourth-order valence-electron chi connectivity index (χ4n) is 3.11. The maximum absolute atomic E-state index is 14.4. The molecule has 1 N–H and O–H groups in total. The van der Waals surface area contributed by atoms with Gasteiger partial charge in [0.2, 0.25) is 0 Å². The maximum atomic E-state index is 14.4. The van der Waals surface area contributed by atoms with Crippen LogP contribution in [0.1, 0.15) is 12.8 Å². The Kier molecular flexibility index (Phi) is 6.28. The molecule has 0 spiro atoms. The second-order valence-electron chi connectivity index (χ2n) is 6.56. The third-order valence-electron chi connectivity index (χ3n) is 4.59. The van der Waals surface area contributed by atoms with Crippen molar-refractivity contribution in [1.29, 1.82) is 0 Å². The summed E-state index contributed by atoms with van der Waals surface area (Å²) in [6, 6.07) is 8.17. The zero-order valence-electron chi connectivity index (χ0n) is 15.3. The van der Waals surface area contributed by atoms with Gasteiger partial charge in [0.1, 0.15) is 11.6 Å². The quantitative estimate of drug-likeness (QED) is 0.710. The van der Waals surface area contributed by atoms with E-state index >= 15 is 0 Å². The van der Waals surface area contributed by atoms with Crippen LogP contribution in [0.15, 0.2) is 36.4 Å². The van der Waals surface area contributed by atoms with Gasteiger partial charge in [-0.25, -0.2) is 4.39 Å². The molecular weight excluding hydrogens is 378 g/mol. The van der Waals surface area contributed by atoms with E-state index in [0.717, 1.165) is 32.0 Å². The van der Waals surface area contributed by atoms with Gasteiger partial charge in [0.15, 0.2) is 11.5 Å². The number of ether oxygens (including phenoxy) is 3. The van der Waals surface area contributed by atoms with E-state index in [1.165, 1.54) is 31.4 Å². The third-order valence-corrected chi connectivity index (χ3v) is 4.59. The molecule has 1 saturated heterocycles. The molecule has 2 aromatic carbocycles. The van der Waals surface area contributed by atoms with Crippen LogP contribution in [-0.4, -0.2) is 33.2 Å². The topological polar surface area (TPSA) is 39.7 Å². The number of rotatable bonds is 6. The van der Waals surface area contributed by atoms with Gasteiger partial charge in [-0.05, 0) is 61.7 Å². The molecule has 3 rings (SSSR count). The zero-order chi connectivity index (χ0) is 20.1. The highest BCUT2D eigenvalue weighted by Gasteiger charge is 2.32. The highest BCUT2D eigenvalue weighted by Crippen LogP contribution is 2.37. The number of halogens is 4. The number of hydrogen-bond donors (Lipinski definition) is 1. The summed E-state index contributed by atoms with van der Waals surface area (Å²) < 4.78 is 67.3. The van der Waals surface area contributed by atoms with Crippen molar-refractivity contribution < 1.29 is 31.8 Å². The molecule has 8 heteroatoms. The van der Waals surface area contributed by atoms with E-state index in [1.54, 1.807) is 6.07 Å². The van der Waals surface area contributed by atoms with Crippen LogP contribution < -0.4 is 19.5 Å². The first-order valence-electron chi connectivity index (χ1n) is 8.93. The summed E-state index contributed by atoms with van der Waals surface area (Å²) in [5.74, 6) is -0.474. The maximum Gasteiger partial charge on any atom is 0.573 e. The van der Waals surface area contributed by atoms with Gasteiger partial charge >= 0.3 is 6.36 Å². The van der Waals surface area contributed by atoms with Crippen LogP contribution >= 0.6 is 0 Å². The molecule has 28 heavy (non-hydrogen) atoms. The molecular formula is C20H21F4NO3. The highest BCUT2D eigenvalue weighted by atomic mass is 19.4. The fourth-order valence-corrected chi connectivity index (χ4v) is 3.11. The summed E-state index contributed by atoms with van der Waals surface area (Å²) in [5.41, 5.74) is 0.612. The summed E-state index contributed by atoms with van der Waals surface area (Å²) >= 11 is 0. The molecule has 2 aromatic rings. The lowest BCUT2D eigenvalue weighted by Gasteiger charge is -2.23. The average Bonchev–Trinajstić information content (AvgIpc) is 2.67. The second-order valence-corrected chi connectivity index (χ2v) is 6.56. The molecule has 152 valence electrons. The third kappa shape index (κ3) is 5.28. The van der Waals surface area contributed by atoms with E-state index in [2.05, 4.69) is 10.1 Å². The number of hydrogen-bond acceptors (Lipinski definition) is 4. The van der Waals surface area contributed by atoms with Crippen molar-refractivity contribution in [3.63, 3.8) is 0 Å². The van der Waals surface area contributed by atoms with E-state index in [-0.39, 0.29) is 23.8 Å². The van der Waals surface area contributed by atoms with Crippen molar-refractivity contribution in [2.45, 2.75) is 19.2 Å². The minimum Gasteiger partial charge on any atom is -0.497 e. The lowest BCUT2D eigenvalue weighted by Crippen LogP contribution is -2.30. The van der Waals surface area contributed by atoms with Gasteiger partial charge in [0.05, 0.1) is 13.7 Å². The molecule has 0 unspecified atom stereocenters. The van der Waals surface area contributed by atoms with Gasteiger partial charge < -0.3 is 19.5 Å². The first kappa shape index (κ1) is 20.3. The minimum absolute atomic E-state index is 0.0661. The van der Waals surface area contributed by atoms with Crippen molar-refractivity contribution in [2.75, 3.05) is 26.8 Å². The Balaban J connectivity index is 1.88. The van der Waals surface area contributed by atoms with Crippen LogP contribution in [0, 0.1) is 11.7 Å². The van der Waals surface area contributed by atoms with Gasteiger partial charge in [0.25, 0.3) is 0 Å². The molecule has 0 bridgehead atoms. The van der Waals surface area contributed by atoms with Crippen molar-refractivity contribution in [3.05, 3.63) is 42.2 Å². The van der Waals surface area contributed by atoms with Crippen LogP contribution in [0.3, 0.4) is 0 Å². The molecule has 0 saturated carbocycles. The Morgan fingerprint density at radius 1 is 1.04 bits per heavy atom. The summed E-state index contributed by atoms with van der Waals surface area (Å²) in [4.78, 5) is 0. The number of alkyl halides is 3. The predicted octanol–water partition coefficient (Wildman–Crippen LogP) is 4.78. The molecule has 1 fully saturated rings. The van der Waals surface area contributed by atoms with Crippen molar-refractivity contribution >= 4 is 0 Å².